The van der Waals surface area contributed by atoms with Crippen molar-refractivity contribution in [3.63, 3.8) is 0 Å². The number of hydrogen-bond acceptors (Lipinski definition) is 4. The number of amides is 1. The van der Waals surface area contributed by atoms with Crippen molar-refractivity contribution in [1.29, 1.82) is 0 Å². The van der Waals surface area contributed by atoms with Crippen LogP contribution < -0.4 is 14.8 Å². The zero-order valence-electron chi connectivity index (χ0n) is 18.1. The maximum atomic E-state index is 12.7. The maximum absolute atomic E-state index is 12.7. The first kappa shape index (κ1) is 22.3. The molecule has 5 rings (SSSR count). The minimum atomic E-state index is -0.246. The summed E-state index contributed by atoms with van der Waals surface area (Å²) in [7, 11) is 0. The third-order valence-corrected chi connectivity index (χ3v) is 5.98. The molecule has 0 aliphatic carbocycles. The van der Waals surface area contributed by atoms with Gasteiger partial charge < -0.3 is 14.8 Å². The van der Waals surface area contributed by atoms with Gasteiger partial charge in [0.15, 0.2) is 0 Å². The first-order valence-corrected chi connectivity index (χ1v) is 11.6. The van der Waals surface area contributed by atoms with Gasteiger partial charge in [0.05, 0.1) is 29.2 Å². The highest BCUT2D eigenvalue weighted by atomic mass is 35.5. The number of aromatic nitrogens is 1. The lowest BCUT2D eigenvalue weighted by Crippen LogP contribution is -2.11. The van der Waals surface area contributed by atoms with Crippen molar-refractivity contribution in [3.8, 4) is 28.5 Å². The zero-order chi connectivity index (χ0) is 23.5. The molecule has 170 valence electrons. The molecule has 0 bridgehead atoms. The Labute approximate surface area is 207 Å². The number of ether oxygens (including phenoxy) is 2. The van der Waals surface area contributed by atoms with Crippen molar-refractivity contribution in [3.05, 3.63) is 100 Å². The van der Waals surface area contributed by atoms with Gasteiger partial charge in [-0.05, 0) is 73.0 Å². The molecule has 2 heterocycles. The average molecular weight is 491 g/mol. The van der Waals surface area contributed by atoms with Crippen molar-refractivity contribution < 1.29 is 14.3 Å². The Balaban J connectivity index is 1.24. The molecular weight excluding hydrogens is 471 g/mol. The van der Waals surface area contributed by atoms with Crippen LogP contribution in [0.4, 0.5) is 5.69 Å². The highest BCUT2D eigenvalue weighted by Crippen LogP contribution is 2.37. The zero-order valence-corrected chi connectivity index (χ0v) is 19.6. The number of hydrogen-bond donors (Lipinski definition) is 1. The van der Waals surface area contributed by atoms with Crippen LogP contribution in [0, 0.1) is 0 Å². The molecule has 1 aromatic heterocycles. The lowest BCUT2D eigenvalue weighted by molar-refractivity contribution is 0.102. The van der Waals surface area contributed by atoms with E-state index in [1.54, 1.807) is 36.5 Å². The van der Waals surface area contributed by atoms with E-state index in [-0.39, 0.29) is 5.91 Å². The molecule has 0 atom stereocenters. The number of fused-ring (bicyclic) bond motifs is 1. The maximum Gasteiger partial charge on any atom is 0.255 e. The van der Waals surface area contributed by atoms with Crippen molar-refractivity contribution in [2.75, 3.05) is 11.9 Å². The van der Waals surface area contributed by atoms with E-state index >= 15 is 0 Å². The molecule has 7 heteroatoms. The van der Waals surface area contributed by atoms with E-state index in [4.69, 9.17) is 32.7 Å². The lowest BCUT2D eigenvalue weighted by atomic mass is 10.1. The van der Waals surface area contributed by atoms with Crippen LogP contribution in [-0.2, 0) is 6.42 Å². The summed E-state index contributed by atoms with van der Waals surface area (Å²) in [4.78, 5) is 17.1. The van der Waals surface area contributed by atoms with Gasteiger partial charge in [0.25, 0.3) is 5.91 Å². The summed E-state index contributed by atoms with van der Waals surface area (Å²) in [5.74, 6) is 1.65. The van der Waals surface area contributed by atoms with Crippen LogP contribution in [-0.4, -0.2) is 17.5 Å². The Morgan fingerprint density at radius 2 is 1.85 bits per heavy atom. The molecule has 0 unspecified atom stereocenters. The summed E-state index contributed by atoms with van der Waals surface area (Å²) in [6, 6.07) is 21.7. The molecule has 1 aliphatic heterocycles. The van der Waals surface area contributed by atoms with Gasteiger partial charge in [-0.3, -0.25) is 9.78 Å². The molecule has 4 aromatic rings. The number of nitrogens with zero attached hydrogens (tertiary/aromatic N) is 1. The summed E-state index contributed by atoms with van der Waals surface area (Å²) in [6.07, 6.45) is 3.54. The number of nitrogens with one attached hydrogen (secondary N) is 1. The second kappa shape index (κ2) is 9.75. The number of halogens is 2. The van der Waals surface area contributed by atoms with Crippen molar-refractivity contribution in [2.45, 2.75) is 12.8 Å². The van der Waals surface area contributed by atoms with Crippen LogP contribution in [0.1, 0.15) is 22.3 Å². The Bertz CT molecular complexity index is 1340. The molecule has 1 aliphatic rings. The number of benzene rings is 3. The van der Waals surface area contributed by atoms with Crippen LogP contribution in [0.5, 0.6) is 17.2 Å². The molecule has 0 saturated carbocycles. The van der Waals surface area contributed by atoms with E-state index in [1.165, 1.54) is 0 Å². The predicted octanol–water partition coefficient (Wildman–Crippen LogP) is 7.43. The van der Waals surface area contributed by atoms with Crippen molar-refractivity contribution in [1.82, 2.24) is 4.98 Å². The topological polar surface area (TPSA) is 60.5 Å². The normalized spacial score (nSPS) is 12.4. The molecule has 0 radical (unpaired) electrons. The van der Waals surface area contributed by atoms with Gasteiger partial charge in [-0.2, -0.15) is 0 Å². The second-order valence-corrected chi connectivity index (χ2v) is 8.71. The van der Waals surface area contributed by atoms with Gasteiger partial charge in [0, 0.05) is 22.2 Å². The molecule has 1 N–H and O–H groups in total. The highest BCUT2D eigenvalue weighted by molar-refractivity contribution is 6.32. The van der Waals surface area contributed by atoms with Crippen LogP contribution >= 0.6 is 23.2 Å². The Kier molecular flexibility index (Phi) is 6.39. The van der Waals surface area contributed by atoms with Gasteiger partial charge in [0.2, 0.25) is 0 Å². The van der Waals surface area contributed by atoms with E-state index < -0.39 is 0 Å². The molecule has 0 spiro atoms. The van der Waals surface area contributed by atoms with E-state index in [0.29, 0.717) is 39.4 Å². The first-order valence-electron chi connectivity index (χ1n) is 10.8. The number of carbonyl (C=O) groups excluding carboxylic acids is 1. The van der Waals surface area contributed by atoms with Crippen LogP contribution in [0.3, 0.4) is 0 Å². The minimum absolute atomic E-state index is 0.246. The molecule has 3 aromatic carbocycles. The number of anilines is 1. The van der Waals surface area contributed by atoms with Crippen molar-refractivity contribution >= 4 is 34.8 Å². The third-order valence-electron chi connectivity index (χ3n) is 5.45. The average Bonchev–Trinajstić information content (AvgIpc) is 2.85. The first-order chi connectivity index (χ1) is 16.5. The van der Waals surface area contributed by atoms with Gasteiger partial charge in [-0.15, -0.1) is 0 Å². The minimum Gasteiger partial charge on any atom is -0.493 e. The molecular formula is C27H20Cl2N2O3. The Morgan fingerprint density at radius 3 is 2.62 bits per heavy atom. The van der Waals surface area contributed by atoms with E-state index in [2.05, 4.69) is 10.3 Å². The number of carbonyl (C=O) groups is 1. The fraction of sp³-hybridized carbons (Fsp3) is 0.111. The fourth-order valence-electron chi connectivity index (χ4n) is 3.72. The van der Waals surface area contributed by atoms with Gasteiger partial charge in [-0.1, -0.05) is 35.3 Å². The van der Waals surface area contributed by atoms with Crippen LogP contribution in [0.15, 0.2) is 79.0 Å². The fourth-order valence-corrected chi connectivity index (χ4v) is 4.13. The van der Waals surface area contributed by atoms with E-state index in [1.807, 2.05) is 42.5 Å². The number of pyridine rings is 1. The van der Waals surface area contributed by atoms with Gasteiger partial charge >= 0.3 is 0 Å². The van der Waals surface area contributed by atoms with E-state index in [0.717, 1.165) is 35.4 Å². The van der Waals surface area contributed by atoms with Gasteiger partial charge in [0.1, 0.15) is 17.2 Å². The summed E-state index contributed by atoms with van der Waals surface area (Å²) in [5, 5.41) is 4.03. The summed E-state index contributed by atoms with van der Waals surface area (Å²) in [6.45, 7) is 0.691. The predicted molar refractivity (Wildman–Crippen MR) is 134 cm³/mol. The monoisotopic (exact) mass is 490 g/mol. The lowest BCUT2D eigenvalue weighted by Gasteiger charge is -2.19. The van der Waals surface area contributed by atoms with Crippen LogP contribution in [0.2, 0.25) is 10.0 Å². The summed E-state index contributed by atoms with van der Waals surface area (Å²) < 4.78 is 11.6. The largest absolute Gasteiger partial charge is 0.493 e. The molecule has 0 saturated heterocycles. The van der Waals surface area contributed by atoms with Crippen LogP contribution in [0.25, 0.3) is 11.3 Å². The van der Waals surface area contributed by atoms with Crippen molar-refractivity contribution in [2.24, 2.45) is 0 Å². The highest BCUT2D eigenvalue weighted by Gasteiger charge is 2.15. The number of rotatable bonds is 5. The summed E-state index contributed by atoms with van der Waals surface area (Å²) in [5.41, 5.74) is 3.86. The molecule has 0 fully saturated rings. The SMILES string of the molecule is O=C(Nc1ccc(-c2cccc(Cl)c2)nc1)c1ccc(Oc2cc3c(cc2Cl)CCCO3)cc1. The van der Waals surface area contributed by atoms with E-state index in [9.17, 15) is 4.79 Å². The Hall–Kier alpha value is -3.54. The van der Waals surface area contributed by atoms with Gasteiger partial charge in [-0.25, -0.2) is 0 Å². The number of aryl methyl sites for hydroxylation is 1. The molecule has 5 nitrogen and oxygen atoms in total. The standard InChI is InChI=1S/C27H20Cl2N2O3/c28-20-5-1-3-18(13-20)24-11-8-21(16-30-24)31-27(32)17-6-9-22(10-7-17)34-26-15-25-19(14-23(26)29)4-2-12-33-25/h1,3,5-11,13-16H,2,4,12H2,(H,31,32). The summed E-state index contributed by atoms with van der Waals surface area (Å²) >= 11 is 12.4. The third kappa shape index (κ3) is 5.01. The quantitative estimate of drug-likeness (QED) is 0.316. The Morgan fingerprint density at radius 1 is 1.00 bits per heavy atom. The smallest absolute Gasteiger partial charge is 0.255 e. The molecule has 34 heavy (non-hydrogen) atoms. The molecule has 1 amide bonds. The second-order valence-electron chi connectivity index (χ2n) is 7.87.